The predicted octanol–water partition coefficient (Wildman–Crippen LogP) is 1.09. The molecule has 0 amide bonds. The fourth-order valence-corrected chi connectivity index (χ4v) is 2.39. The number of benzene rings is 1. The maximum Gasteiger partial charge on any atom is 0.305 e. The summed E-state index contributed by atoms with van der Waals surface area (Å²) in [4.78, 5) is 23.6. The van der Waals surface area contributed by atoms with Gasteiger partial charge in [0, 0.05) is 33.5 Å². The van der Waals surface area contributed by atoms with Crippen LogP contribution in [0, 0.1) is 0 Å². The molecule has 0 N–H and O–H groups in total. The number of rotatable bonds is 6. The lowest BCUT2D eigenvalue weighted by atomic mass is 10.2. The molecule has 0 bridgehead atoms. The highest BCUT2D eigenvalue weighted by Gasteiger charge is 2.19. The van der Waals surface area contributed by atoms with Gasteiger partial charge in [0.25, 0.3) is 16.3 Å². The normalized spacial score (nSPS) is 11.5. The first-order valence-corrected chi connectivity index (χ1v) is 7.97. The van der Waals surface area contributed by atoms with Crippen LogP contribution in [0.1, 0.15) is 25.7 Å². The molecule has 0 aliphatic rings. The first kappa shape index (κ1) is 18.6. The minimum absolute atomic E-state index is 0.0382. The van der Waals surface area contributed by atoms with E-state index in [1.165, 1.54) is 49.4 Å². The van der Waals surface area contributed by atoms with Crippen molar-refractivity contribution < 1.29 is 27.5 Å². The number of hydrogen-bond acceptors (Lipinski definition) is 6. The van der Waals surface area contributed by atoms with Crippen LogP contribution in [0.4, 0.5) is 0 Å². The molecule has 1 rings (SSSR count). The smallest absolute Gasteiger partial charge is 0.305 e. The van der Waals surface area contributed by atoms with Crippen molar-refractivity contribution in [1.82, 2.24) is 4.90 Å². The van der Waals surface area contributed by atoms with Crippen molar-refractivity contribution in [3.63, 3.8) is 0 Å². The van der Waals surface area contributed by atoms with Gasteiger partial charge >= 0.3 is 11.9 Å². The van der Waals surface area contributed by atoms with Crippen LogP contribution in [-0.4, -0.2) is 45.7 Å². The maximum absolute atomic E-state index is 12.0. The molecule has 0 aromatic heterocycles. The van der Waals surface area contributed by atoms with E-state index in [9.17, 15) is 18.0 Å². The Morgan fingerprint density at radius 3 is 1.96 bits per heavy atom. The van der Waals surface area contributed by atoms with Gasteiger partial charge < -0.3 is 14.4 Å². The highest BCUT2D eigenvalue weighted by Crippen LogP contribution is 2.22. The summed E-state index contributed by atoms with van der Waals surface area (Å²) in [6, 6.07) is 5.35. The van der Waals surface area contributed by atoms with Crippen molar-refractivity contribution >= 4 is 28.3 Å². The summed E-state index contributed by atoms with van der Waals surface area (Å²) in [5, 5.41) is 0. The van der Waals surface area contributed by atoms with E-state index in [0.29, 0.717) is 5.56 Å². The summed E-state index contributed by atoms with van der Waals surface area (Å²) in [5.41, 5.74) is 0.325. The van der Waals surface area contributed by atoms with Crippen LogP contribution < -0.4 is 0 Å². The Labute approximate surface area is 134 Å². The first-order valence-electron chi connectivity index (χ1n) is 6.53. The van der Waals surface area contributed by atoms with Crippen LogP contribution in [0.5, 0.6) is 0 Å². The van der Waals surface area contributed by atoms with Crippen LogP contribution >= 0.6 is 0 Å². The van der Waals surface area contributed by atoms with Gasteiger partial charge in [0.1, 0.15) is 6.34 Å². The molecule has 0 unspecified atom stereocenters. The van der Waals surface area contributed by atoms with E-state index >= 15 is 0 Å². The third-order valence-corrected chi connectivity index (χ3v) is 3.65. The highest BCUT2D eigenvalue weighted by molar-refractivity contribution is 7.90. The lowest BCUT2D eigenvalue weighted by Crippen LogP contribution is -2.15. The van der Waals surface area contributed by atoms with Gasteiger partial charge in [-0.3, -0.25) is 9.59 Å². The van der Waals surface area contributed by atoms with Gasteiger partial charge in [-0.2, -0.15) is 8.42 Å². The van der Waals surface area contributed by atoms with E-state index in [-0.39, 0.29) is 4.90 Å². The Hall–Kier alpha value is -2.42. The second kappa shape index (κ2) is 7.73. The van der Waals surface area contributed by atoms with Crippen molar-refractivity contribution in [2.75, 3.05) is 14.1 Å². The van der Waals surface area contributed by atoms with Crippen molar-refractivity contribution in [2.24, 2.45) is 4.40 Å². The third kappa shape index (κ3) is 6.07. The molecule has 126 valence electrons. The Kier molecular flexibility index (Phi) is 6.26. The highest BCUT2D eigenvalue weighted by atomic mass is 32.2. The second-order valence-electron chi connectivity index (χ2n) is 4.78. The number of nitrogens with zero attached hydrogens (tertiary/aromatic N) is 2. The fourth-order valence-electron chi connectivity index (χ4n) is 1.48. The molecule has 9 heteroatoms. The summed E-state index contributed by atoms with van der Waals surface area (Å²) >= 11 is 0. The zero-order valence-electron chi connectivity index (χ0n) is 13.2. The zero-order valence-corrected chi connectivity index (χ0v) is 14.0. The number of ether oxygens (including phenoxy) is 2. The molecule has 0 heterocycles. The number of carbonyl (C=O) groups excluding carboxylic acids is 2. The van der Waals surface area contributed by atoms with Gasteiger partial charge in [0.15, 0.2) is 0 Å². The van der Waals surface area contributed by atoms with Gasteiger partial charge in [-0.05, 0) is 12.1 Å². The molecule has 1 aromatic rings. The minimum Gasteiger partial charge on any atom is -0.421 e. The standard InChI is InChI=1S/C14H18N2O6S/c1-10(17)21-14(22-11(2)18)12-5-7-13(8-6-12)23(19,20)15-9-16(3)4/h5-9,14H,1-4H3/b15-9+. The topological polar surface area (TPSA) is 102 Å². The quantitative estimate of drug-likeness (QED) is 0.330. The summed E-state index contributed by atoms with van der Waals surface area (Å²) < 4.78 is 37.2. The second-order valence-corrected chi connectivity index (χ2v) is 6.41. The van der Waals surface area contributed by atoms with E-state index < -0.39 is 28.3 Å². The molecule has 0 atom stereocenters. The van der Waals surface area contributed by atoms with Crippen molar-refractivity contribution in [1.29, 1.82) is 0 Å². The molecule has 0 aliphatic carbocycles. The van der Waals surface area contributed by atoms with Gasteiger partial charge in [-0.15, -0.1) is 4.40 Å². The Morgan fingerprint density at radius 2 is 1.57 bits per heavy atom. The molecule has 0 saturated carbocycles. The number of sulfonamides is 1. The number of carbonyl (C=O) groups is 2. The Bertz CT molecular complexity index is 678. The van der Waals surface area contributed by atoms with Gasteiger partial charge in [-0.25, -0.2) is 0 Å². The van der Waals surface area contributed by atoms with Crippen molar-refractivity contribution in [3.8, 4) is 0 Å². The van der Waals surface area contributed by atoms with Gasteiger partial charge in [-0.1, -0.05) is 12.1 Å². The Morgan fingerprint density at radius 1 is 1.09 bits per heavy atom. The monoisotopic (exact) mass is 342 g/mol. The zero-order chi connectivity index (χ0) is 17.6. The summed E-state index contributed by atoms with van der Waals surface area (Å²) in [6.07, 6.45) is -0.0592. The average Bonchev–Trinajstić information content (AvgIpc) is 2.44. The molecular weight excluding hydrogens is 324 g/mol. The molecule has 0 spiro atoms. The van der Waals surface area contributed by atoms with Gasteiger partial charge in [0.2, 0.25) is 0 Å². The minimum atomic E-state index is -3.83. The first-order chi connectivity index (χ1) is 10.6. The van der Waals surface area contributed by atoms with Crippen LogP contribution in [0.15, 0.2) is 33.6 Å². The predicted molar refractivity (Wildman–Crippen MR) is 82.1 cm³/mol. The van der Waals surface area contributed by atoms with Crippen molar-refractivity contribution in [2.45, 2.75) is 25.0 Å². The molecule has 0 saturated heterocycles. The van der Waals surface area contributed by atoms with E-state index in [4.69, 9.17) is 9.47 Å². The summed E-state index contributed by atoms with van der Waals surface area (Å²) in [5.74, 6) is -1.27. The molecule has 0 aliphatic heterocycles. The molecule has 1 aromatic carbocycles. The maximum atomic E-state index is 12.0. The lowest BCUT2D eigenvalue weighted by Gasteiger charge is -2.17. The SMILES string of the molecule is CC(=O)OC(OC(C)=O)c1ccc(S(=O)(=O)/N=C/N(C)C)cc1. The van der Waals surface area contributed by atoms with Crippen LogP contribution in [0.3, 0.4) is 0 Å². The molecule has 8 nitrogen and oxygen atoms in total. The number of hydrogen-bond donors (Lipinski definition) is 0. The average molecular weight is 342 g/mol. The van der Waals surface area contributed by atoms with E-state index in [1.54, 1.807) is 14.1 Å². The number of esters is 2. The van der Waals surface area contributed by atoms with Gasteiger partial charge in [0.05, 0.1) is 4.90 Å². The van der Waals surface area contributed by atoms with Crippen LogP contribution in [0.25, 0.3) is 0 Å². The summed E-state index contributed by atoms with van der Waals surface area (Å²) in [7, 11) is -0.544. The van der Waals surface area contributed by atoms with Crippen molar-refractivity contribution in [3.05, 3.63) is 29.8 Å². The molecule has 23 heavy (non-hydrogen) atoms. The fraction of sp³-hybridized carbons (Fsp3) is 0.357. The Balaban J connectivity index is 3.05. The molecule has 0 radical (unpaired) electrons. The van der Waals surface area contributed by atoms with E-state index in [1.807, 2.05) is 0 Å². The van der Waals surface area contributed by atoms with E-state index in [2.05, 4.69) is 4.40 Å². The van der Waals surface area contributed by atoms with Crippen LogP contribution in [0.2, 0.25) is 0 Å². The molecule has 0 fully saturated rings. The lowest BCUT2D eigenvalue weighted by molar-refractivity contribution is -0.186. The largest absolute Gasteiger partial charge is 0.421 e. The summed E-state index contributed by atoms with van der Waals surface area (Å²) in [6.45, 7) is 2.34. The van der Waals surface area contributed by atoms with Crippen LogP contribution in [-0.2, 0) is 29.1 Å². The third-order valence-electron chi connectivity index (χ3n) is 2.41. The van der Waals surface area contributed by atoms with E-state index in [0.717, 1.165) is 0 Å². The molecular formula is C14H18N2O6S.